The second kappa shape index (κ2) is 7.71. The van der Waals surface area contributed by atoms with Crippen molar-refractivity contribution in [1.29, 1.82) is 0 Å². The van der Waals surface area contributed by atoms with Gasteiger partial charge in [-0.15, -0.1) is 0 Å². The maximum atomic E-state index is 11.1. The predicted octanol–water partition coefficient (Wildman–Crippen LogP) is 2.01. The second-order valence-electron chi connectivity index (χ2n) is 4.07. The first kappa shape index (κ1) is 14.5. The zero-order chi connectivity index (χ0) is 13.4. The average Bonchev–Trinajstić information content (AvgIpc) is 2.35. The Morgan fingerprint density at radius 3 is 2.72 bits per heavy atom. The summed E-state index contributed by atoms with van der Waals surface area (Å²) < 4.78 is 10.0. The van der Waals surface area contributed by atoms with Gasteiger partial charge in [-0.25, -0.2) is 4.79 Å². The number of carbonyl (C=O) groups is 1. The first-order valence-electron chi connectivity index (χ1n) is 6.15. The lowest BCUT2D eigenvalue weighted by molar-refractivity contribution is -0.148. The molecule has 0 fully saturated rings. The summed E-state index contributed by atoms with van der Waals surface area (Å²) in [6.45, 7) is 5.52. The van der Waals surface area contributed by atoms with Crippen molar-refractivity contribution in [2.24, 2.45) is 0 Å². The molecule has 0 bridgehead atoms. The van der Waals surface area contributed by atoms with E-state index in [4.69, 9.17) is 9.47 Å². The number of para-hydroxylation sites is 1. The minimum absolute atomic E-state index is 0.0233. The molecule has 0 aliphatic heterocycles. The zero-order valence-electron chi connectivity index (χ0n) is 11.3. The Morgan fingerprint density at radius 2 is 2.06 bits per heavy atom. The third-order valence-corrected chi connectivity index (χ3v) is 2.62. The van der Waals surface area contributed by atoms with Crippen LogP contribution in [0, 0.1) is 6.92 Å². The Morgan fingerprint density at radius 1 is 1.33 bits per heavy atom. The van der Waals surface area contributed by atoms with Gasteiger partial charge in [-0.3, -0.25) is 0 Å². The number of hydrogen-bond donors (Lipinski definition) is 0. The minimum Gasteiger partial charge on any atom is -0.464 e. The normalized spacial score (nSPS) is 10.2. The van der Waals surface area contributed by atoms with Crippen LogP contribution in [0.15, 0.2) is 24.3 Å². The van der Waals surface area contributed by atoms with E-state index < -0.39 is 0 Å². The van der Waals surface area contributed by atoms with Crippen molar-refractivity contribution in [2.75, 3.05) is 38.3 Å². The lowest BCUT2D eigenvalue weighted by Crippen LogP contribution is -2.24. The van der Waals surface area contributed by atoms with Crippen molar-refractivity contribution >= 4 is 11.7 Å². The van der Waals surface area contributed by atoms with Gasteiger partial charge in [0.15, 0.2) is 0 Å². The second-order valence-corrected chi connectivity index (χ2v) is 4.07. The summed E-state index contributed by atoms with van der Waals surface area (Å²) in [4.78, 5) is 13.2. The molecule has 0 atom stereocenters. The Hall–Kier alpha value is -1.55. The van der Waals surface area contributed by atoms with Gasteiger partial charge >= 0.3 is 5.97 Å². The van der Waals surface area contributed by atoms with Crippen LogP contribution in [-0.4, -0.2) is 39.4 Å². The van der Waals surface area contributed by atoms with Crippen LogP contribution in [0.1, 0.15) is 12.5 Å². The van der Waals surface area contributed by atoms with Gasteiger partial charge in [-0.2, -0.15) is 0 Å². The van der Waals surface area contributed by atoms with Crippen molar-refractivity contribution in [3.63, 3.8) is 0 Å². The highest BCUT2D eigenvalue weighted by atomic mass is 16.6. The summed E-state index contributed by atoms with van der Waals surface area (Å²) in [6.07, 6.45) is 0. The van der Waals surface area contributed by atoms with E-state index in [0.717, 1.165) is 6.54 Å². The summed E-state index contributed by atoms with van der Waals surface area (Å²) in [6, 6.07) is 8.17. The molecular formula is C14H21NO3. The summed E-state index contributed by atoms with van der Waals surface area (Å²) in [5.41, 5.74) is 2.41. The molecule has 0 heterocycles. The fourth-order valence-corrected chi connectivity index (χ4v) is 1.67. The molecule has 0 saturated carbocycles. The highest BCUT2D eigenvalue weighted by Crippen LogP contribution is 2.17. The summed E-state index contributed by atoms with van der Waals surface area (Å²) in [7, 11) is 2.01. The monoisotopic (exact) mass is 251 g/mol. The van der Waals surface area contributed by atoms with Crippen LogP contribution in [0.25, 0.3) is 0 Å². The van der Waals surface area contributed by atoms with Gasteiger partial charge in [-0.05, 0) is 25.5 Å². The molecule has 0 N–H and O–H groups in total. The Labute approximate surface area is 108 Å². The number of nitrogens with zero attached hydrogens (tertiary/aromatic N) is 1. The van der Waals surface area contributed by atoms with Crippen LogP contribution in [0.3, 0.4) is 0 Å². The van der Waals surface area contributed by atoms with E-state index in [-0.39, 0.29) is 12.6 Å². The number of hydrogen-bond acceptors (Lipinski definition) is 4. The number of aryl methyl sites for hydroxylation is 1. The van der Waals surface area contributed by atoms with Gasteiger partial charge in [0.2, 0.25) is 0 Å². The molecule has 0 amide bonds. The van der Waals surface area contributed by atoms with Crippen molar-refractivity contribution in [3.05, 3.63) is 29.8 Å². The smallest absolute Gasteiger partial charge is 0.332 e. The molecule has 0 saturated heterocycles. The zero-order valence-corrected chi connectivity index (χ0v) is 11.3. The van der Waals surface area contributed by atoms with Crippen LogP contribution in [0.2, 0.25) is 0 Å². The summed E-state index contributed by atoms with van der Waals surface area (Å²) in [5.74, 6) is -0.309. The van der Waals surface area contributed by atoms with Gasteiger partial charge in [0.05, 0.1) is 13.2 Å². The molecular weight excluding hydrogens is 230 g/mol. The number of ether oxygens (including phenoxy) is 2. The van der Waals surface area contributed by atoms with Crippen molar-refractivity contribution in [1.82, 2.24) is 0 Å². The van der Waals surface area contributed by atoms with Gasteiger partial charge in [0.1, 0.15) is 6.61 Å². The molecule has 1 aromatic carbocycles. The molecule has 100 valence electrons. The highest BCUT2D eigenvalue weighted by Gasteiger charge is 2.05. The van der Waals surface area contributed by atoms with Gasteiger partial charge in [0.25, 0.3) is 0 Å². The lowest BCUT2D eigenvalue weighted by atomic mass is 10.2. The van der Waals surface area contributed by atoms with Crippen LogP contribution in [0.5, 0.6) is 0 Å². The Bertz CT molecular complexity index is 379. The van der Waals surface area contributed by atoms with E-state index in [2.05, 4.69) is 24.0 Å². The van der Waals surface area contributed by atoms with E-state index in [9.17, 15) is 4.79 Å². The fraction of sp³-hybridized carbons (Fsp3) is 0.500. The van der Waals surface area contributed by atoms with E-state index in [1.54, 1.807) is 6.92 Å². The van der Waals surface area contributed by atoms with E-state index in [0.29, 0.717) is 13.2 Å². The van der Waals surface area contributed by atoms with E-state index in [1.807, 2.05) is 19.2 Å². The van der Waals surface area contributed by atoms with E-state index >= 15 is 0 Å². The molecule has 4 heteroatoms. The van der Waals surface area contributed by atoms with Gasteiger partial charge < -0.3 is 14.4 Å². The van der Waals surface area contributed by atoms with Gasteiger partial charge in [0, 0.05) is 19.3 Å². The number of likely N-dealkylation sites (N-methyl/N-ethyl adjacent to an activating group) is 1. The standard InChI is InChI=1S/C14H21NO3/c1-4-18-14(16)11-17-10-9-15(3)13-8-6-5-7-12(13)2/h5-8H,4,9-11H2,1-3H3. The van der Waals surface area contributed by atoms with Crippen molar-refractivity contribution < 1.29 is 14.3 Å². The van der Waals surface area contributed by atoms with Crippen LogP contribution >= 0.6 is 0 Å². The minimum atomic E-state index is -0.309. The summed E-state index contributed by atoms with van der Waals surface area (Å²) >= 11 is 0. The molecule has 18 heavy (non-hydrogen) atoms. The Kier molecular flexibility index (Phi) is 6.22. The number of carbonyl (C=O) groups excluding carboxylic acids is 1. The van der Waals surface area contributed by atoms with Crippen molar-refractivity contribution in [3.8, 4) is 0 Å². The average molecular weight is 251 g/mol. The third kappa shape index (κ3) is 4.75. The molecule has 0 aliphatic carbocycles. The summed E-state index contributed by atoms with van der Waals surface area (Å²) in [5, 5.41) is 0. The maximum absolute atomic E-state index is 11.1. The van der Waals surface area contributed by atoms with Crippen LogP contribution < -0.4 is 4.90 Å². The van der Waals surface area contributed by atoms with Crippen LogP contribution in [0.4, 0.5) is 5.69 Å². The number of esters is 1. The largest absolute Gasteiger partial charge is 0.464 e. The fourth-order valence-electron chi connectivity index (χ4n) is 1.67. The molecule has 1 aromatic rings. The molecule has 0 aromatic heterocycles. The molecule has 0 spiro atoms. The number of benzene rings is 1. The van der Waals surface area contributed by atoms with Gasteiger partial charge in [-0.1, -0.05) is 18.2 Å². The van der Waals surface area contributed by atoms with Crippen molar-refractivity contribution in [2.45, 2.75) is 13.8 Å². The first-order valence-corrected chi connectivity index (χ1v) is 6.15. The topological polar surface area (TPSA) is 38.8 Å². The third-order valence-electron chi connectivity index (χ3n) is 2.62. The first-order chi connectivity index (χ1) is 8.65. The quantitative estimate of drug-likeness (QED) is 0.549. The van der Waals surface area contributed by atoms with Crippen LogP contribution in [-0.2, 0) is 14.3 Å². The SMILES string of the molecule is CCOC(=O)COCCN(C)c1ccccc1C. The molecule has 4 nitrogen and oxygen atoms in total. The number of anilines is 1. The Balaban J connectivity index is 2.28. The molecule has 0 aliphatic rings. The maximum Gasteiger partial charge on any atom is 0.332 e. The molecule has 1 rings (SSSR count). The van der Waals surface area contributed by atoms with E-state index in [1.165, 1.54) is 11.3 Å². The molecule has 0 unspecified atom stereocenters. The lowest BCUT2D eigenvalue weighted by Gasteiger charge is -2.21. The highest BCUT2D eigenvalue weighted by molar-refractivity contribution is 5.70. The molecule has 0 radical (unpaired) electrons. The number of rotatable bonds is 7. The predicted molar refractivity (Wildman–Crippen MR) is 71.9 cm³/mol.